The van der Waals surface area contributed by atoms with Crippen molar-refractivity contribution in [2.24, 2.45) is 0 Å². The van der Waals surface area contributed by atoms with Gasteiger partial charge in [-0.2, -0.15) is 0 Å². The zero-order chi connectivity index (χ0) is 17.5. The molecular formula is C19H23N5O. The highest BCUT2D eigenvalue weighted by molar-refractivity contribution is 5.95. The summed E-state index contributed by atoms with van der Waals surface area (Å²) >= 11 is 0. The zero-order valence-corrected chi connectivity index (χ0v) is 14.3. The van der Waals surface area contributed by atoms with Crippen molar-refractivity contribution in [3.63, 3.8) is 0 Å². The highest BCUT2D eigenvalue weighted by atomic mass is 16.2. The monoisotopic (exact) mass is 337 g/mol. The molecule has 2 heterocycles. The maximum Gasteiger partial charge on any atom is 0.241 e. The molecule has 0 spiro atoms. The summed E-state index contributed by atoms with van der Waals surface area (Å²) < 4.78 is 0. The lowest BCUT2D eigenvalue weighted by molar-refractivity contribution is -0.119. The summed E-state index contributed by atoms with van der Waals surface area (Å²) in [6, 6.07) is 11.5. The van der Waals surface area contributed by atoms with Crippen LogP contribution in [0.4, 0.5) is 11.6 Å². The first-order valence-corrected chi connectivity index (χ1v) is 8.48. The molecule has 1 amide bonds. The van der Waals surface area contributed by atoms with Crippen molar-refractivity contribution in [1.82, 2.24) is 14.9 Å². The maximum absolute atomic E-state index is 12.8. The molecule has 6 nitrogen and oxygen atoms in total. The predicted octanol–water partition coefficient (Wildman–Crippen LogP) is 1.82. The van der Waals surface area contributed by atoms with E-state index in [0.717, 1.165) is 37.8 Å². The Balaban J connectivity index is 1.57. The topological polar surface area (TPSA) is 52.6 Å². The van der Waals surface area contributed by atoms with Crippen LogP contribution < -0.4 is 9.80 Å². The minimum atomic E-state index is 0.0931. The summed E-state index contributed by atoms with van der Waals surface area (Å²) in [6.45, 7) is 7.98. The lowest BCUT2D eigenvalue weighted by Gasteiger charge is -2.35. The van der Waals surface area contributed by atoms with Crippen LogP contribution in [0.3, 0.4) is 0 Å². The fraction of sp³-hybridized carbons (Fsp3) is 0.316. The molecule has 0 unspecified atom stereocenters. The Hall–Kier alpha value is -2.73. The van der Waals surface area contributed by atoms with Crippen LogP contribution in [0.2, 0.25) is 0 Å². The molecule has 1 aromatic heterocycles. The minimum Gasteiger partial charge on any atom is -0.338 e. The molecule has 25 heavy (non-hydrogen) atoms. The van der Waals surface area contributed by atoms with E-state index in [9.17, 15) is 4.79 Å². The highest BCUT2D eigenvalue weighted by Gasteiger charge is 2.23. The maximum atomic E-state index is 12.8. The van der Waals surface area contributed by atoms with Crippen LogP contribution in [0.5, 0.6) is 0 Å². The zero-order valence-electron chi connectivity index (χ0n) is 14.3. The Kier molecular flexibility index (Phi) is 5.74. The first kappa shape index (κ1) is 17.1. The fourth-order valence-corrected chi connectivity index (χ4v) is 2.93. The number of carbonyl (C=O) groups excluding carboxylic acids is 1. The number of nitrogens with zero attached hydrogens (tertiary/aromatic N) is 5. The van der Waals surface area contributed by atoms with E-state index in [2.05, 4.69) is 26.3 Å². The van der Waals surface area contributed by atoms with Crippen LogP contribution in [-0.2, 0) is 4.79 Å². The summed E-state index contributed by atoms with van der Waals surface area (Å²) in [5.41, 5.74) is 0.906. The molecule has 0 atom stereocenters. The lowest BCUT2D eigenvalue weighted by atomic mass is 10.2. The molecule has 0 saturated carbocycles. The van der Waals surface area contributed by atoms with E-state index in [4.69, 9.17) is 0 Å². The number of para-hydroxylation sites is 1. The number of piperazine rings is 1. The number of aromatic nitrogens is 2. The quantitative estimate of drug-likeness (QED) is 0.753. The number of rotatable bonds is 6. The van der Waals surface area contributed by atoms with Crippen molar-refractivity contribution in [3.8, 4) is 0 Å². The molecule has 0 N–H and O–H groups in total. The average molecular weight is 337 g/mol. The van der Waals surface area contributed by atoms with Crippen molar-refractivity contribution < 1.29 is 4.79 Å². The smallest absolute Gasteiger partial charge is 0.241 e. The van der Waals surface area contributed by atoms with Crippen LogP contribution in [0.15, 0.2) is 61.4 Å². The third kappa shape index (κ3) is 4.42. The molecule has 3 rings (SSSR count). The molecule has 1 aliphatic rings. The summed E-state index contributed by atoms with van der Waals surface area (Å²) in [5.74, 6) is 0.849. The molecule has 2 aromatic rings. The van der Waals surface area contributed by atoms with E-state index in [-0.39, 0.29) is 5.91 Å². The van der Waals surface area contributed by atoms with Crippen molar-refractivity contribution in [2.45, 2.75) is 0 Å². The number of benzene rings is 1. The Morgan fingerprint density at radius 3 is 2.40 bits per heavy atom. The van der Waals surface area contributed by atoms with Gasteiger partial charge in [-0.25, -0.2) is 9.97 Å². The number of anilines is 2. The summed E-state index contributed by atoms with van der Waals surface area (Å²) in [6.07, 6.45) is 5.27. The largest absolute Gasteiger partial charge is 0.338 e. The van der Waals surface area contributed by atoms with Gasteiger partial charge in [0.25, 0.3) is 0 Å². The van der Waals surface area contributed by atoms with Gasteiger partial charge in [0.2, 0.25) is 11.9 Å². The van der Waals surface area contributed by atoms with E-state index in [1.807, 2.05) is 36.4 Å². The molecule has 0 radical (unpaired) electrons. The number of hydrogen-bond donors (Lipinski definition) is 0. The molecule has 6 heteroatoms. The van der Waals surface area contributed by atoms with Gasteiger partial charge in [0.1, 0.15) is 0 Å². The van der Waals surface area contributed by atoms with Gasteiger partial charge in [-0.3, -0.25) is 9.69 Å². The summed E-state index contributed by atoms with van der Waals surface area (Å²) in [4.78, 5) is 27.4. The summed E-state index contributed by atoms with van der Waals surface area (Å²) in [5, 5.41) is 0. The third-order valence-corrected chi connectivity index (χ3v) is 4.25. The number of carbonyl (C=O) groups is 1. The highest BCUT2D eigenvalue weighted by Crippen LogP contribution is 2.15. The average Bonchev–Trinajstić information content (AvgIpc) is 2.68. The third-order valence-electron chi connectivity index (χ3n) is 4.25. The van der Waals surface area contributed by atoms with Crippen LogP contribution >= 0.6 is 0 Å². The van der Waals surface area contributed by atoms with Crippen molar-refractivity contribution in [1.29, 1.82) is 0 Å². The molecule has 1 fully saturated rings. The fourth-order valence-electron chi connectivity index (χ4n) is 2.93. The van der Waals surface area contributed by atoms with Gasteiger partial charge in [-0.15, -0.1) is 6.58 Å². The Labute approximate surface area is 148 Å². The second kappa shape index (κ2) is 8.39. The Morgan fingerprint density at radius 2 is 1.76 bits per heavy atom. The predicted molar refractivity (Wildman–Crippen MR) is 99.7 cm³/mol. The van der Waals surface area contributed by atoms with E-state index in [1.54, 1.807) is 23.4 Å². The molecule has 130 valence electrons. The SMILES string of the molecule is C=CCN(C(=O)CN1CCN(c2ncccn2)CC1)c1ccccc1. The van der Waals surface area contributed by atoms with E-state index in [0.29, 0.717) is 13.1 Å². The van der Waals surface area contributed by atoms with E-state index in [1.165, 1.54) is 0 Å². The van der Waals surface area contributed by atoms with Crippen molar-refractivity contribution in [2.75, 3.05) is 49.1 Å². The van der Waals surface area contributed by atoms with Gasteiger partial charge in [-0.1, -0.05) is 24.3 Å². The second-order valence-corrected chi connectivity index (χ2v) is 5.94. The Morgan fingerprint density at radius 1 is 1.08 bits per heavy atom. The molecule has 1 saturated heterocycles. The first-order chi connectivity index (χ1) is 12.3. The molecule has 1 aromatic carbocycles. The number of amides is 1. The van der Waals surface area contributed by atoms with Crippen LogP contribution in [-0.4, -0.2) is 60.0 Å². The summed E-state index contributed by atoms with van der Waals surface area (Å²) in [7, 11) is 0. The standard InChI is InChI=1S/C19H23N5O/c1-2-11-24(17-7-4-3-5-8-17)18(25)16-22-12-14-23(15-13-22)19-20-9-6-10-21-19/h2-10H,1,11-16H2. The normalized spacial score (nSPS) is 15.0. The van der Waals surface area contributed by atoms with Gasteiger partial charge in [0.05, 0.1) is 6.54 Å². The van der Waals surface area contributed by atoms with Crippen LogP contribution in [0, 0.1) is 0 Å². The van der Waals surface area contributed by atoms with Crippen LogP contribution in [0.1, 0.15) is 0 Å². The minimum absolute atomic E-state index is 0.0931. The van der Waals surface area contributed by atoms with Gasteiger partial charge in [-0.05, 0) is 18.2 Å². The number of hydrogen-bond acceptors (Lipinski definition) is 5. The first-order valence-electron chi connectivity index (χ1n) is 8.48. The molecule has 1 aliphatic heterocycles. The molecule has 0 bridgehead atoms. The van der Waals surface area contributed by atoms with Crippen LogP contribution in [0.25, 0.3) is 0 Å². The van der Waals surface area contributed by atoms with Gasteiger partial charge in [0, 0.05) is 50.8 Å². The van der Waals surface area contributed by atoms with Crippen molar-refractivity contribution in [3.05, 3.63) is 61.4 Å². The van der Waals surface area contributed by atoms with E-state index < -0.39 is 0 Å². The second-order valence-electron chi connectivity index (χ2n) is 5.94. The Bertz CT molecular complexity index is 683. The van der Waals surface area contributed by atoms with Gasteiger partial charge in [0.15, 0.2) is 0 Å². The van der Waals surface area contributed by atoms with Gasteiger partial charge < -0.3 is 9.80 Å². The van der Waals surface area contributed by atoms with Gasteiger partial charge >= 0.3 is 0 Å². The molecular weight excluding hydrogens is 314 g/mol. The van der Waals surface area contributed by atoms with E-state index >= 15 is 0 Å². The lowest BCUT2D eigenvalue weighted by Crippen LogP contribution is -2.50. The van der Waals surface area contributed by atoms with Crippen molar-refractivity contribution >= 4 is 17.5 Å². The molecule has 0 aliphatic carbocycles.